The quantitative estimate of drug-likeness (QED) is 0.931. The molecule has 5 heteroatoms. The van der Waals surface area contributed by atoms with Crippen molar-refractivity contribution in [3.8, 4) is 0 Å². The molecule has 0 saturated heterocycles. The van der Waals surface area contributed by atoms with Gasteiger partial charge in [-0.25, -0.2) is 0 Å². The van der Waals surface area contributed by atoms with E-state index in [0.717, 1.165) is 44.0 Å². The molecule has 0 saturated carbocycles. The Morgan fingerprint density at radius 2 is 1.95 bits per heavy atom. The number of aliphatic hydroxyl groups is 1. The third kappa shape index (κ3) is 3.31. The fraction of sp³-hybridized carbons (Fsp3) is 0.500. The average molecular weight is 286 g/mol. The zero-order chi connectivity index (χ0) is 14.8. The molecule has 0 radical (unpaired) electrons. The van der Waals surface area contributed by atoms with E-state index in [2.05, 4.69) is 51.7 Å². The maximum atomic E-state index is 10.4. The molecule has 1 atom stereocenters. The van der Waals surface area contributed by atoms with Crippen LogP contribution in [-0.4, -0.2) is 37.9 Å². The molecular formula is C16H22N4O. The number of benzene rings is 1. The fourth-order valence-corrected chi connectivity index (χ4v) is 2.98. The van der Waals surface area contributed by atoms with Crippen molar-refractivity contribution in [3.63, 3.8) is 0 Å². The van der Waals surface area contributed by atoms with E-state index < -0.39 is 6.10 Å². The van der Waals surface area contributed by atoms with Gasteiger partial charge in [0.15, 0.2) is 0 Å². The van der Waals surface area contributed by atoms with Crippen LogP contribution in [0, 0.1) is 13.8 Å². The minimum Gasteiger partial charge on any atom is -0.388 e. The highest BCUT2D eigenvalue weighted by atomic mass is 16.3. The van der Waals surface area contributed by atoms with Gasteiger partial charge < -0.3 is 9.67 Å². The van der Waals surface area contributed by atoms with E-state index in [1.807, 2.05) is 0 Å². The molecule has 1 unspecified atom stereocenters. The van der Waals surface area contributed by atoms with Gasteiger partial charge in [-0.15, -0.1) is 10.2 Å². The summed E-state index contributed by atoms with van der Waals surface area (Å²) in [7, 11) is 0. The molecule has 1 aliphatic rings. The Bertz CT molecular complexity index is 602. The standard InChI is InChI=1S/C16H22N4O/c1-12-7-13(2)9-14(8-12)15(21)3-4-19-5-6-20-11-17-18-16(20)10-19/h7-9,11,15,21H,3-6,10H2,1-2H3. The molecule has 0 aliphatic carbocycles. The van der Waals surface area contributed by atoms with Gasteiger partial charge in [0.25, 0.3) is 0 Å². The largest absolute Gasteiger partial charge is 0.388 e. The molecule has 0 bridgehead atoms. The molecule has 0 spiro atoms. The summed E-state index contributed by atoms with van der Waals surface area (Å²) >= 11 is 0. The zero-order valence-corrected chi connectivity index (χ0v) is 12.7. The fourth-order valence-electron chi connectivity index (χ4n) is 2.98. The molecule has 112 valence electrons. The second-order valence-corrected chi connectivity index (χ2v) is 5.94. The summed E-state index contributed by atoms with van der Waals surface area (Å²) in [4.78, 5) is 2.33. The summed E-state index contributed by atoms with van der Waals surface area (Å²) in [5, 5.41) is 18.5. The van der Waals surface area contributed by atoms with Crippen molar-refractivity contribution < 1.29 is 5.11 Å². The molecule has 1 N–H and O–H groups in total. The summed E-state index contributed by atoms with van der Waals surface area (Å²) in [6.07, 6.45) is 2.14. The van der Waals surface area contributed by atoms with Crippen molar-refractivity contribution in [2.24, 2.45) is 0 Å². The first-order valence-electron chi connectivity index (χ1n) is 7.47. The number of hydrogen-bond acceptors (Lipinski definition) is 4. The molecule has 2 heterocycles. The van der Waals surface area contributed by atoms with E-state index in [-0.39, 0.29) is 0 Å². The molecule has 3 rings (SSSR count). The summed E-state index contributed by atoms with van der Waals surface area (Å²) in [5.41, 5.74) is 3.43. The topological polar surface area (TPSA) is 54.2 Å². The third-order valence-electron chi connectivity index (χ3n) is 4.07. The summed E-state index contributed by atoms with van der Waals surface area (Å²) in [5.74, 6) is 1.02. The molecule has 5 nitrogen and oxygen atoms in total. The van der Waals surface area contributed by atoms with Crippen LogP contribution in [0.25, 0.3) is 0 Å². The highest BCUT2D eigenvalue weighted by Gasteiger charge is 2.18. The van der Waals surface area contributed by atoms with Gasteiger partial charge in [-0.2, -0.15) is 0 Å². The van der Waals surface area contributed by atoms with Crippen LogP contribution in [0.2, 0.25) is 0 Å². The van der Waals surface area contributed by atoms with Crippen LogP contribution >= 0.6 is 0 Å². The molecule has 21 heavy (non-hydrogen) atoms. The molecule has 0 amide bonds. The highest BCUT2D eigenvalue weighted by Crippen LogP contribution is 2.21. The number of hydrogen-bond donors (Lipinski definition) is 1. The first-order valence-corrected chi connectivity index (χ1v) is 7.47. The summed E-state index contributed by atoms with van der Waals surface area (Å²) < 4.78 is 2.09. The van der Waals surface area contributed by atoms with E-state index in [4.69, 9.17) is 0 Å². The second kappa shape index (κ2) is 5.95. The predicted molar refractivity (Wildman–Crippen MR) is 80.8 cm³/mol. The van der Waals surface area contributed by atoms with E-state index in [1.54, 1.807) is 6.33 Å². The Labute approximate surface area is 125 Å². The van der Waals surface area contributed by atoms with Crippen LogP contribution in [0.3, 0.4) is 0 Å². The first kappa shape index (κ1) is 14.2. The predicted octanol–water partition coefficient (Wildman–Crippen LogP) is 1.83. The Morgan fingerprint density at radius 3 is 2.71 bits per heavy atom. The first-order chi connectivity index (χ1) is 10.1. The van der Waals surface area contributed by atoms with Gasteiger partial charge in [-0.1, -0.05) is 29.3 Å². The van der Waals surface area contributed by atoms with Crippen LogP contribution in [0.5, 0.6) is 0 Å². The lowest BCUT2D eigenvalue weighted by molar-refractivity contribution is 0.130. The van der Waals surface area contributed by atoms with Crippen molar-refractivity contribution in [3.05, 3.63) is 47.0 Å². The zero-order valence-electron chi connectivity index (χ0n) is 12.7. The van der Waals surface area contributed by atoms with Crippen LogP contribution in [-0.2, 0) is 13.1 Å². The molecule has 1 aliphatic heterocycles. The van der Waals surface area contributed by atoms with Crippen molar-refractivity contribution in [2.45, 2.75) is 39.5 Å². The monoisotopic (exact) mass is 286 g/mol. The number of nitrogens with zero attached hydrogens (tertiary/aromatic N) is 4. The Balaban J connectivity index is 1.58. The lowest BCUT2D eigenvalue weighted by atomic mass is 10.0. The van der Waals surface area contributed by atoms with Gasteiger partial charge in [0.1, 0.15) is 12.2 Å². The van der Waals surface area contributed by atoms with Crippen molar-refractivity contribution >= 4 is 0 Å². The van der Waals surface area contributed by atoms with Crippen molar-refractivity contribution in [1.29, 1.82) is 0 Å². The molecule has 0 fully saturated rings. The minimum atomic E-state index is -0.400. The number of aromatic nitrogens is 3. The van der Waals surface area contributed by atoms with E-state index in [1.165, 1.54) is 11.1 Å². The van der Waals surface area contributed by atoms with Crippen LogP contribution in [0.1, 0.15) is 35.0 Å². The van der Waals surface area contributed by atoms with Crippen LogP contribution in [0.4, 0.5) is 0 Å². The average Bonchev–Trinajstić information content (AvgIpc) is 2.91. The van der Waals surface area contributed by atoms with Crippen molar-refractivity contribution in [2.75, 3.05) is 13.1 Å². The number of fused-ring (bicyclic) bond motifs is 1. The van der Waals surface area contributed by atoms with Crippen molar-refractivity contribution in [1.82, 2.24) is 19.7 Å². The van der Waals surface area contributed by atoms with Gasteiger partial charge in [0.05, 0.1) is 12.6 Å². The van der Waals surface area contributed by atoms with Crippen LogP contribution < -0.4 is 0 Å². The molecular weight excluding hydrogens is 264 g/mol. The van der Waals surface area contributed by atoms with E-state index >= 15 is 0 Å². The SMILES string of the molecule is Cc1cc(C)cc(C(O)CCN2CCn3cnnc3C2)c1. The normalized spacial score (nSPS) is 16.7. The number of aryl methyl sites for hydroxylation is 2. The summed E-state index contributed by atoms with van der Waals surface area (Å²) in [6, 6.07) is 6.28. The highest BCUT2D eigenvalue weighted by molar-refractivity contribution is 5.29. The molecule has 2 aromatic rings. The molecule has 1 aromatic heterocycles. The smallest absolute Gasteiger partial charge is 0.147 e. The Hall–Kier alpha value is -1.72. The Kier molecular flexibility index (Phi) is 4.03. The minimum absolute atomic E-state index is 0.400. The van der Waals surface area contributed by atoms with E-state index in [0.29, 0.717) is 0 Å². The number of rotatable bonds is 4. The van der Waals surface area contributed by atoms with Gasteiger partial charge in [-0.05, 0) is 25.8 Å². The second-order valence-electron chi connectivity index (χ2n) is 5.94. The lowest BCUT2D eigenvalue weighted by Crippen LogP contribution is -2.34. The Morgan fingerprint density at radius 1 is 1.19 bits per heavy atom. The lowest BCUT2D eigenvalue weighted by Gasteiger charge is -2.27. The number of aliphatic hydroxyl groups excluding tert-OH is 1. The third-order valence-corrected chi connectivity index (χ3v) is 4.07. The van der Waals surface area contributed by atoms with Gasteiger partial charge >= 0.3 is 0 Å². The van der Waals surface area contributed by atoms with Crippen LogP contribution in [0.15, 0.2) is 24.5 Å². The van der Waals surface area contributed by atoms with Gasteiger partial charge in [0.2, 0.25) is 0 Å². The molecule has 1 aromatic carbocycles. The summed E-state index contributed by atoms with van der Waals surface area (Å²) in [6.45, 7) is 7.76. The van der Waals surface area contributed by atoms with E-state index in [9.17, 15) is 5.11 Å². The maximum Gasteiger partial charge on any atom is 0.147 e. The van der Waals surface area contributed by atoms with Gasteiger partial charge in [-0.3, -0.25) is 4.90 Å². The van der Waals surface area contributed by atoms with Gasteiger partial charge in [0, 0.05) is 19.6 Å². The maximum absolute atomic E-state index is 10.4.